The van der Waals surface area contributed by atoms with E-state index in [1.165, 1.54) is 12.8 Å². The average Bonchev–Trinajstić information content (AvgIpc) is 3.18. The zero-order valence-corrected chi connectivity index (χ0v) is 13.5. The molecular weight excluding hydrogens is 292 g/mol. The first-order valence-electron chi connectivity index (χ1n) is 9.01. The lowest BCUT2D eigenvalue weighted by atomic mass is 9.85. The molecular formula is C18H24N2O3. The van der Waals surface area contributed by atoms with E-state index in [-0.39, 0.29) is 11.4 Å². The summed E-state index contributed by atoms with van der Waals surface area (Å²) in [5, 5.41) is 3.42. The van der Waals surface area contributed by atoms with Crippen LogP contribution in [0.1, 0.15) is 38.5 Å². The topological polar surface area (TPSA) is 50.8 Å². The molecule has 1 saturated carbocycles. The third kappa shape index (κ3) is 2.05. The number of carbonyl (C=O) groups excluding carboxylic acids is 1. The third-order valence-corrected chi connectivity index (χ3v) is 6.43. The van der Waals surface area contributed by atoms with Gasteiger partial charge < -0.3 is 19.7 Å². The van der Waals surface area contributed by atoms with Gasteiger partial charge in [-0.1, -0.05) is 0 Å². The molecule has 3 fully saturated rings. The van der Waals surface area contributed by atoms with Crippen LogP contribution < -0.4 is 5.32 Å². The number of carbonyl (C=O) groups is 1. The van der Waals surface area contributed by atoms with Crippen molar-refractivity contribution in [1.82, 2.24) is 10.2 Å². The molecule has 0 aromatic heterocycles. The van der Waals surface area contributed by atoms with Gasteiger partial charge in [0.25, 0.3) is 5.91 Å². The Balaban J connectivity index is 1.34. The number of amides is 1. The number of piperidine rings is 1. The second-order valence-corrected chi connectivity index (χ2v) is 7.59. The first-order chi connectivity index (χ1) is 11.3. The van der Waals surface area contributed by atoms with Crippen molar-refractivity contribution in [3.05, 3.63) is 23.2 Å². The van der Waals surface area contributed by atoms with Gasteiger partial charge in [-0.15, -0.1) is 0 Å². The number of nitrogens with zero attached hydrogens (tertiary/aromatic N) is 1. The molecule has 1 spiro atoms. The van der Waals surface area contributed by atoms with Crippen LogP contribution in [0.25, 0.3) is 0 Å². The molecule has 3 heterocycles. The maximum absolute atomic E-state index is 13.0. The fourth-order valence-corrected chi connectivity index (χ4v) is 4.92. The number of allylic oxidation sites excluding steroid dienone is 2. The van der Waals surface area contributed by atoms with E-state index < -0.39 is 0 Å². The Kier molecular flexibility index (Phi) is 3.02. The zero-order valence-electron chi connectivity index (χ0n) is 13.5. The number of likely N-dealkylation sites (tertiary alicyclic amines) is 1. The predicted molar refractivity (Wildman–Crippen MR) is 84.1 cm³/mol. The molecule has 0 radical (unpaired) electrons. The molecule has 1 N–H and O–H groups in total. The molecule has 1 unspecified atom stereocenters. The van der Waals surface area contributed by atoms with Gasteiger partial charge in [0, 0.05) is 24.5 Å². The minimum Gasteiger partial charge on any atom is -0.458 e. The van der Waals surface area contributed by atoms with E-state index in [2.05, 4.69) is 10.2 Å². The summed E-state index contributed by atoms with van der Waals surface area (Å²) in [5.41, 5.74) is 1.07. The van der Waals surface area contributed by atoms with Crippen LogP contribution in [0.3, 0.4) is 0 Å². The van der Waals surface area contributed by atoms with Crippen molar-refractivity contribution >= 4 is 5.91 Å². The number of ether oxygens (including phenoxy) is 2. The minimum absolute atomic E-state index is 0.0975. The van der Waals surface area contributed by atoms with Crippen LogP contribution in [0.15, 0.2) is 23.2 Å². The van der Waals surface area contributed by atoms with Crippen molar-refractivity contribution in [3.63, 3.8) is 0 Å². The molecule has 5 rings (SSSR count). The molecule has 5 aliphatic rings. The Hall–Kier alpha value is -1.49. The van der Waals surface area contributed by atoms with Crippen LogP contribution in [0.4, 0.5) is 0 Å². The van der Waals surface area contributed by atoms with Gasteiger partial charge >= 0.3 is 0 Å². The highest BCUT2D eigenvalue weighted by molar-refractivity contribution is 5.99. The first-order valence-corrected chi connectivity index (χ1v) is 9.01. The Morgan fingerprint density at radius 3 is 2.87 bits per heavy atom. The van der Waals surface area contributed by atoms with Crippen LogP contribution in [-0.2, 0) is 14.3 Å². The van der Waals surface area contributed by atoms with Crippen molar-refractivity contribution in [2.45, 2.75) is 44.1 Å². The van der Waals surface area contributed by atoms with Gasteiger partial charge in [0.15, 0.2) is 5.76 Å². The number of nitrogens with one attached hydrogen (secondary N) is 1. The Labute approximate surface area is 136 Å². The van der Waals surface area contributed by atoms with E-state index in [4.69, 9.17) is 9.47 Å². The van der Waals surface area contributed by atoms with Gasteiger partial charge in [0.05, 0.1) is 5.54 Å². The number of hydrogen-bond acceptors (Lipinski definition) is 4. The highest BCUT2D eigenvalue weighted by atomic mass is 16.7. The quantitative estimate of drug-likeness (QED) is 0.864. The van der Waals surface area contributed by atoms with Gasteiger partial charge in [-0.3, -0.25) is 4.79 Å². The number of rotatable bonds is 3. The maximum Gasteiger partial charge on any atom is 0.250 e. The second kappa shape index (κ2) is 5.00. The van der Waals surface area contributed by atoms with Gasteiger partial charge in [0.1, 0.15) is 5.76 Å². The van der Waals surface area contributed by atoms with Crippen LogP contribution in [0, 0.1) is 11.8 Å². The highest BCUT2D eigenvalue weighted by Gasteiger charge is 2.63. The van der Waals surface area contributed by atoms with Crippen molar-refractivity contribution in [3.8, 4) is 0 Å². The normalized spacial score (nSPS) is 31.7. The van der Waals surface area contributed by atoms with E-state index in [9.17, 15) is 4.79 Å². The summed E-state index contributed by atoms with van der Waals surface area (Å²) in [5.74, 6) is 3.09. The predicted octanol–water partition coefficient (Wildman–Crippen LogP) is 1.91. The fourth-order valence-electron chi connectivity index (χ4n) is 4.92. The highest BCUT2D eigenvalue weighted by Crippen LogP contribution is 2.59. The SMILES string of the molecule is O=C1C2=CC3=C(CC2C2(CC2)N1CCC1CCNCC1)OCO3. The second-order valence-electron chi connectivity index (χ2n) is 7.59. The fraction of sp³-hybridized carbons (Fsp3) is 0.722. The van der Waals surface area contributed by atoms with Gasteiger partial charge in [-0.05, 0) is 57.2 Å². The molecule has 2 saturated heterocycles. The van der Waals surface area contributed by atoms with Crippen molar-refractivity contribution in [2.75, 3.05) is 26.4 Å². The lowest BCUT2D eigenvalue weighted by molar-refractivity contribution is -0.127. The summed E-state index contributed by atoms with van der Waals surface area (Å²) in [6.45, 7) is 3.48. The molecule has 0 aromatic carbocycles. The Morgan fingerprint density at radius 2 is 2.09 bits per heavy atom. The lowest BCUT2D eigenvalue weighted by Crippen LogP contribution is -2.39. The van der Waals surface area contributed by atoms with Gasteiger partial charge in [-0.2, -0.15) is 0 Å². The van der Waals surface area contributed by atoms with Crippen LogP contribution >= 0.6 is 0 Å². The summed E-state index contributed by atoms with van der Waals surface area (Å²) in [7, 11) is 0. The summed E-state index contributed by atoms with van der Waals surface area (Å²) in [4.78, 5) is 15.2. The van der Waals surface area contributed by atoms with Gasteiger partial charge in [0.2, 0.25) is 6.79 Å². The lowest BCUT2D eigenvalue weighted by Gasteiger charge is -2.30. The number of fused-ring (bicyclic) bond motifs is 2. The monoisotopic (exact) mass is 316 g/mol. The van der Waals surface area contributed by atoms with Crippen LogP contribution in [-0.4, -0.2) is 42.8 Å². The molecule has 0 bridgehead atoms. The molecule has 1 atom stereocenters. The van der Waals surface area contributed by atoms with E-state index in [0.717, 1.165) is 68.3 Å². The Morgan fingerprint density at radius 1 is 1.26 bits per heavy atom. The first kappa shape index (κ1) is 13.9. The largest absolute Gasteiger partial charge is 0.458 e. The molecule has 5 nitrogen and oxygen atoms in total. The molecule has 1 amide bonds. The number of hydrogen-bond donors (Lipinski definition) is 1. The van der Waals surface area contributed by atoms with E-state index >= 15 is 0 Å². The average molecular weight is 316 g/mol. The van der Waals surface area contributed by atoms with E-state index in [0.29, 0.717) is 12.7 Å². The molecule has 5 heteroatoms. The third-order valence-electron chi connectivity index (χ3n) is 6.43. The summed E-state index contributed by atoms with van der Waals surface area (Å²) < 4.78 is 11.1. The molecule has 2 aliphatic carbocycles. The summed E-state index contributed by atoms with van der Waals surface area (Å²) in [6, 6.07) is 0. The van der Waals surface area contributed by atoms with Gasteiger partial charge in [-0.25, -0.2) is 0 Å². The zero-order chi connectivity index (χ0) is 15.4. The van der Waals surface area contributed by atoms with Crippen LogP contribution in [0.5, 0.6) is 0 Å². The molecule has 23 heavy (non-hydrogen) atoms. The van der Waals surface area contributed by atoms with Crippen molar-refractivity contribution < 1.29 is 14.3 Å². The molecule has 124 valence electrons. The maximum atomic E-state index is 13.0. The molecule has 3 aliphatic heterocycles. The summed E-state index contributed by atoms with van der Waals surface area (Å²) >= 11 is 0. The standard InChI is InChI=1S/C18H24N2O3/c21-17-13-9-15-16(23-11-22-15)10-14(13)18(4-5-18)20(17)8-3-12-1-6-19-7-2-12/h9,12,14,19H,1-8,10-11H2. The Bertz CT molecular complexity index is 599. The van der Waals surface area contributed by atoms with E-state index in [1.54, 1.807) is 0 Å². The summed E-state index contributed by atoms with van der Waals surface area (Å²) in [6.07, 6.45) is 8.75. The smallest absolute Gasteiger partial charge is 0.250 e. The van der Waals surface area contributed by atoms with Crippen molar-refractivity contribution in [1.29, 1.82) is 0 Å². The minimum atomic E-state index is 0.0975. The molecule has 0 aromatic rings. The van der Waals surface area contributed by atoms with E-state index in [1.807, 2.05) is 6.08 Å². The van der Waals surface area contributed by atoms with Crippen molar-refractivity contribution in [2.24, 2.45) is 11.8 Å². The van der Waals surface area contributed by atoms with Crippen LogP contribution in [0.2, 0.25) is 0 Å².